The van der Waals surface area contributed by atoms with E-state index >= 15 is 0 Å². The van der Waals surface area contributed by atoms with Gasteiger partial charge in [0.05, 0.1) is 12.1 Å². The van der Waals surface area contributed by atoms with Gasteiger partial charge in [0.15, 0.2) is 0 Å². The first-order valence-electron chi connectivity index (χ1n) is 6.30. The maximum Gasteiger partial charge on any atom is 0.312 e. The molecule has 0 saturated carbocycles. The van der Waals surface area contributed by atoms with Gasteiger partial charge < -0.3 is 14.5 Å². The number of benzene rings is 1. The monoisotopic (exact) mass is 273 g/mol. The Morgan fingerprint density at radius 2 is 2.00 bits per heavy atom. The highest BCUT2D eigenvalue weighted by atomic mass is 16.5. The van der Waals surface area contributed by atoms with Crippen molar-refractivity contribution in [2.45, 2.75) is 0 Å². The van der Waals surface area contributed by atoms with Crippen LogP contribution < -0.4 is 4.74 Å². The van der Waals surface area contributed by atoms with Crippen LogP contribution in [0, 0.1) is 11.3 Å². The molecule has 6 heteroatoms. The minimum absolute atomic E-state index is 0.251. The molecule has 0 N–H and O–H groups in total. The molecule has 1 fully saturated rings. The van der Waals surface area contributed by atoms with Crippen molar-refractivity contribution in [1.29, 1.82) is 5.26 Å². The standard InChI is InChI=1S/C14H15N3O3/c1-16-6-7-17(14(19)13(16)18)8-9-20-12-5-3-2-4-11(12)10-15/h2-5H,6-9H2,1H3. The molecule has 0 radical (unpaired) electrons. The fourth-order valence-electron chi connectivity index (χ4n) is 1.94. The van der Waals surface area contributed by atoms with E-state index < -0.39 is 11.8 Å². The molecule has 0 unspecified atom stereocenters. The zero-order chi connectivity index (χ0) is 14.5. The summed E-state index contributed by atoms with van der Waals surface area (Å²) in [4.78, 5) is 26.1. The second-order valence-electron chi connectivity index (χ2n) is 4.48. The zero-order valence-corrected chi connectivity index (χ0v) is 11.2. The minimum atomic E-state index is -0.504. The van der Waals surface area contributed by atoms with Gasteiger partial charge in [-0.2, -0.15) is 5.26 Å². The molecule has 104 valence electrons. The molecule has 0 bridgehead atoms. The maximum atomic E-state index is 11.7. The number of hydrogen-bond donors (Lipinski definition) is 0. The number of ether oxygens (including phenoxy) is 1. The summed E-state index contributed by atoms with van der Waals surface area (Å²) in [6.07, 6.45) is 0. The Bertz CT molecular complexity index is 565. The molecule has 0 spiro atoms. The van der Waals surface area contributed by atoms with Gasteiger partial charge in [-0.25, -0.2) is 0 Å². The number of likely N-dealkylation sites (N-methyl/N-ethyl adjacent to an activating group) is 1. The zero-order valence-electron chi connectivity index (χ0n) is 11.2. The van der Waals surface area contributed by atoms with E-state index in [1.54, 1.807) is 31.3 Å². The Balaban J connectivity index is 1.89. The van der Waals surface area contributed by atoms with Gasteiger partial charge in [0, 0.05) is 20.1 Å². The van der Waals surface area contributed by atoms with Crippen LogP contribution in [-0.4, -0.2) is 54.9 Å². The van der Waals surface area contributed by atoms with Crippen LogP contribution in [0.15, 0.2) is 24.3 Å². The number of nitrogens with zero attached hydrogens (tertiary/aromatic N) is 3. The SMILES string of the molecule is CN1CCN(CCOc2ccccc2C#N)C(=O)C1=O. The third-order valence-corrected chi connectivity index (χ3v) is 3.15. The lowest BCUT2D eigenvalue weighted by Crippen LogP contribution is -2.53. The third-order valence-electron chi connectivity index (χ3n) is 3.15. The molecule has 1 heterocycles. The van der Waals surface area contributed by atoms with E-state index in [1.807, 2.05) is 6.07 Å². The number of para-hydroxylation sites is 1. The van der Waals surface area contributed by atoms with Gasteiger partial charge >= 0.3 is 11.8 Å². The Labute approximate surface area is 117 Å². The van der Waals surface area contributed by atoms with E-state index in [1.165, 1.54) is 9.80 Å². The van der Waals surface area contributed by atoms with Crippen molar-refractivity contribution in [3.8, 4) is 11.8 Å². The fraction of sp³-hybridized carbons (Fsp3) is 0.357. The van der Waals surface area contributed by atoms with Gasteiger partial charge in [0.1, 0.15) is 18.4 Å². The van der Waals surface area contributed by atoms with Crippen molar-refractivity contribution in [2.75, 3.05) is 33.3 Å². The molecule has 2 rings (SSSR count). The van der Waals surface area contributed by atoms with E-state index in [-0.39, 0.29) is 6.61 Å². The van der Waals surface area contributed by atoms with Gasteiger partial charge in [-0.05, 0) is 12.1 Å². The summed E-state index contributed by atoms with van der Waals surface area (Å²) in [5, 5.41) is 8.93. The topological polar surface area (TPSA) is 73.6 Å². The summed E-state index contributed by atoms with van der Waals surface area (Å²) < 4.78 is 5.50. The molecule has 1 aliphatic heterocycles. The Morgan fingerprint density at radius 3 is 2.75 bits per heavy atom. The first kappa shape index (κ1) is 13.9. The predicted molar refractivity (Wildman–Crippen MR) is 70.9 cm³/mol. The number of amides is 2. The quantitative estimate of drug-likeness (QED) is 0.736. The van der Waals surface area contributed by atoms with Crippen molar-refractivity contribution in [3.05, 3.63) is 29.8 Å². The summed E-state index contributed by atoms with van der Waals surface area (Å²) in [7, 11) is 1.61. The summed E-state index contributed by atoms with van der Waals surface area (Å²) in [6.45, 7) is 1.61. The van der Waals surface area contributed by atoms with E-state index in [2.05, 4.69) is 0 Å². The second kappa shape index (κ2) is 6.06. The molecule has 6 nitrogen and oxygen atoms in total. The van der Waals surface area contributed by atoms with Crippen LogP contribution in [0.1, 0.15) is 5.56 Å². The van der Waals surface area contributed by atoms with Crippen LogP contribution in [0.25, 0.3) is 0 Å². The molecule has 1 aromatic rings. The average molecular weight is 273 g/mol. The molecular formula is C14H15N3O3. The Kier molecular flexibility index (Phi) is 4.20. The van der Waals surface area contributed by atoms with Crippen LogP contribution in [0.4, 0.5) is 0 Å². The first-order chi connectivity index (χ1) is 9.63. The molecule has 1 saturated heterocycles. The Hall–Kier alpha value is -2.55. The van der Waals surface area contributed by atoms with Gasteiger partial charge in [0.2, 0.25) is 0 Å². The van der Waals surface area contributed by atoms with Crippen molar-refractivity contribution < 1.29 is 14.3 Å². The van der Waals surface area contributed by atoms with Gasteiger partial charge in [-0.1, -0.05) is 12.1 Å². The largest absolute Gasteiger partial charge is 0.490 e. The van der Waals surface area contributed by atoms with Crippen molar-refractivity contribution in [1.82, 2.24) is 9.80 Å². The van der Waals surface area contributed by atoms with E-state index in [0.717, 1.165) is 0 Å². The summed E-state index contributed by atoms with van der Waals surface area (Å²) in [5.74, 6) is -0.507. The normalized spacial score (nSPS) is 15.2. The predicted octanol–water partition coefficient (Wildman–Crippen LogP) is 0.238. The average Bonchev–Trinajstić information content (AvgIpc) is 2.47. The van der Waals surface area contributed by atoms with Crippen LogP contribution in [0.2, 0.25) is 0 Å². The Morgan fingerprint density at radius 1 is 1.25 bits per heavy atom. The van der Waals surface area contributed by atoms with Crippen molar-refractivity contribution >= 4 is 11.8 Å². The molecule has 1 aromatic carbocycles. The highest BCUT2D eigenvalue weighted by molar-refractivity contribution is 6.35. The lowest BCUT2D eigenvalue weighted by Gasteiger charge is -2.31. The molecular weight excluding hydrogens is 258 g/mol. The van der Waals surface area contributed by atoms with E-state index in [0.29, 0.717) is 30.9 Å². The van der Waals surface area contributed by atoms with E-state index in [4.69, 9.17) is 10.00 Å². The van der Waals surface area contributed by atoms with Crippen LogP contribution >= 0.6 is 0 Å². The molecule has 0 aliphatic carbocycles. The summed E-state index contributed by atoms with van der Waals surface area (Å²) in [6, 6.07) is 8.95. The summed E-state index contributed by atoms with van der Waals surface area (Å²) in [5.41, 5.74) is 0.452. The number of rotatable bonds is 4. The highest BCUT2D eigenvalue weighted by Gasteiger charge is 2.29. The van der Waals surface area contributed by atoms with Crippen molar-refractivity contribution in [2.24, 2.45) is 0 Å². The lowest BCUT2D eigenvalue weighted by molar-refractivity contribution is -0.155. The molecule has 1 aliphatic rings. The smallest absolute Gasteiger partial charge is 0.312 e. The maximum absolute atomic E-state index is 11.7. The van der Waals surface area contributed by atoms with Gasteiger partial charge in [-0.3, -0.25) is 9.59 Å². The van der Waals surface area contributed by atoms with Crippen LogP contribution in [0.5, 0.6) is 5.75 Å². The third kappa shape index (κ3) is 2.88. The number of carbonyl (C=O) groups is 2. The number of hydrogen-bond acceptors (Lipinski definition) is 4. The van der Waals surface area contributed by atoms with E-state index in [9.17, 15) is 9.59 Å². The number of carbonyl (C=O) groups excluding carboxylic acids is 2. The number of nitriles is 1. The molecule has 2 amide bonds. The fourth-order valence-corrected chi connectivity index (χ4v) is 1.94. The summed E-state index contributed by atoms with van der Waals surface area (Å²) >= 11 is 0. The van der Waals surface area contributed by atoms with Crippen LogP contribution in [-0.2, 0) is 9.59 Å². The van der Waals surface area contributed by atoms with Gasteiger partial charge in [0.25, 0.3) is 0 Å². The first-order valence-corrected chi connectivity index (χ1v) is 6.30. The highest BCUT2D eigenvalue weighted by Crippen LogP contribution is 2.16. The molecule has 0 aromatic heterocycles. The molecule has 0 atom stereocenters. The number of piperazine rings is 1. The van der Waals surface area contributed by atoms with Gasteiger partial charge in [-0.15, -0.1) is 0 Å². The second-order valence-corrected chi connectivity index (χ2v) is 4.48. The van der Waals surface area contributed by atoms with Crippen molar-refractivity contribution in [3.63, 3.8) is 0 Å². The van der Waals surface area contributed by atoms with Crippen LogP contribution in [0.3, 0.4) is 0 Å². The molecule has 20 heavy (non-hydrogen) atoms. The lowest BCUT2D eigenvalue weighted by atomic mass is 10.2. The minimum Gasteiger partial charge on any atom is -0.490 e.